The lowest BCUT2D eigenvalue weighted by Gasteiger charge is -2.00. The van der Waals surface area contributed by atoms with Crippen LogP contribution in [0.25, 0.3) is 0 Å². The van der Waals surface area contributed by atoms with E-state index in [0.717, 1.165) is 4.85 Å². The van der Waals surface area contributed by atoms with Gasteiger partial charge in [0.2, 0.25) is 0 Å². The first-order valence-electron chi connectivity index (χ1n) is 2.85. The monoisotopic (exact) mass is 144 g/mol. The molecule has 0 fully saturated rings. The number of aromatic amines is 1. The van der Waals surface area contributed by atoms with Gasteiger partial charge in [0, 0.05) is 12.3 Å². The molecular weight excluding hydrogens is 136 g/mol. The van der Waals surface area contributed by atoms with Crippen molar-refractivity contribution in [2.45, 2.75) is 0 Å². The Hall–Kier alpha value is -1.23. The van der Waals surface area contributed by atoms with Gasteiger partial charge in [-0.2, -0.15) is 0 Å². The average Bonchev–Trinajstić information content (AvgIpc) is 2.31. The van der Waals surface area contributed by atoms with Crippen LogP contribution >= 0.6 is 0 Å². The molecule has 0 aliphatic carbocycles. The molecule has 0 bridgehead atoms. The summed E-state index contributed by atoms with van der Waals surface area (Å²) in [6, 6.07) is 1.33. The number of rotatable bonds is 3. The first-order chi connectivity index (χ1) is 4.84. The largest absolute Gasteiger partial charge is 0.393 e. The summed E-state index contributed by atoms with van der Waals surface area (Å²) in [6.45, 7) is 0.00583. The highest BCUT2D eigenvalue weighted by Gasteiger charge is 1.92. The smallest absolute Gasteiger partial charge is 0.302 e. The molecule has 1 rings (SSSR count). The summed E-state index contributed by atoms with van der Waals surface area (Å²) in [6.07, 6.45) is 1.46. The zero-order valence-corrected chi connectivity index (χ0v) is 5.28. The number of nitrogens with one attached hydrogen (secondary N) is 1. The van der Waals surface area contributed by atoms with Gasteiger partial charge in [-0.25, -0.2) is 0 Å². The van der Waals surface area contributed by atoms with E-state index in [1.807, 2.05) is 0 Å². The zero-order valence-electron chi connectivity index (χ0n) is 5.28. The summed E-state index contributed by atoms with van der Waals surface area (Å²) in [7, 11) is 0. The van der Waals surface area contributed by atoms with E-state index in [1.54, 1.807) is 0 Å². The summed E-state index contributed by atoms with van der Waals surface area (Å²) in [4.78, 5) is 16.3. The van der Waals surface area contributed by atoms with Gasteiger partial charge in [-0.3, -0.25) is 9.89 Å². The molecule has 0 aliphatic heterocycles. The third kappa shape index (κ3) is 1.38. The van der Waals surface area contributed by atoms with Crippen molar-refractivity contribution in [3.8, 4) is 0 Å². The fraction of sp³-hybridized carbons (Fsp3) is 0.400. The molecule has 5 heteroatoms. The number of aliphatic hydroxyl groups is 1. The first kappa shape index (κ1) is 6.88. The normalized spacial score (nSPS) is 9.70. The van der Waals surface area contributed by atoms with E-state index >= 15 is 0 Å². The number of hydrogen-bond donors (Lipinski definition) is 2. The SMILES string of the molecule is O=c1cc[nH]n1OCCO. The summed E-state index contributed by atoms with van der Waals surface area (Å²) in [5, 5.41) is 10.8. The predicted molar refractivity (Wildman–Crippen MR) is 33.6 cm³/mol. The Bertz CT molecular complexity index is 239. The van der Waals surface area contributed by atoms with Gasteiger partial charge < -0.3 is 9.94 Å². The van der Waals surface area contributed by atoms with E-state index in [-0.39, 0.29) is 18.8 Å². The molecule has 0 saturated carbocycles. The van der Waals surface area contributed by atoms with Crippen molar-refractivity contribution in [3.05, 3.63) is 22.6 Å². The lowest BCUT2D eigenvalue weighted by Crippen LogP contribution is -2.26. The van der Waals surface area contributed by atoms with Crippen molar-refractivity contribution in [2.75, 3.05) is 13.2 Å². The van der Waals surface area contributed by atoms with Crippen LogP contribution in [-0.2, 0) is 0 Å². The molecule has 0 saturated heterocycles. The Kier molecular flexibility index (Phi) is 2.11. The molecule has 0 aliphatic rings. The molecule has 0 spiro atoms. The molecule has 5 nitrogen and oxygen atoms in total. The Labute approximate surface area is 56.8 Å². The minimum absolute atomic E-state index is 0.106. The van der Waals surface area contributed by atoms with Crippen molar-refractivity contribution in [2.24, 2.45) is 0 Å². The van der Waals surface area contributed by atoms with Crippen LogP contribution < -0.4 is 10.4 Å². The second-order valence-electron chi connectivity index (χ2n) is 1.65. The van der Waals surface area contributed by atoms with Crippen LogP contribution in [0.1, 0.15) is 0 Å². The summed E-state index contributed by atoms with van der Waals surface area (Å²) in [5.74, 6) is 0. The highest BCUT2D eigenvalue weighted by molar-refractivity contribution is 4.77. The molecule has 1 aromatic rings. The Balaban J connectivity index is 2.57. The minimum Gasteiger partial charge on any atom is -0.393 e. The van der Waals surface area contributed by atoms with Crippen LogP contribution in [0, 0.1) is 0 Å². The molecule has 0 unspecified atom stereocenters. The average molecular weight is 144 g/mol. The molecule has 1 heterocycles. The van der Waals surface area contributed by atoms with Crippen molar-refractivity contribution in [3.63, 3.8) is 0 Å². The fourth-order valence-electron chi connectivity index (χ4n) is 0.541. The minimum atomic E-state index is -0.270. The van der Waals surface area contributed by atoms with Gasteiger partial charge in [-0.05, 0) is 0 Å². The Morgan fingerprint density at radius 3 is 3.10 bits per heavy atom. The fourth-order valence-corrected chi connectivity index (χ4v) is 0.541. The molecule has 1 aromatic heterocycles. The van der Waals surface area contributed by atoms with Crippen molar-refractivity contribution in [1.29, 1.82) is 0 Å². The standard InChI is InChI=1S/C5H8N2O3/c8-3-4-10-7-5(9)1-2-6-7/h1-2,6,8H,3-4H2. The van der Waals surface area contributed by atoms with Crippen molar-refractivity contribution < 1.29 is 9.94 Å². The van der Waals surface area contributed by atoms with E-state index in [0.29, 0.717) is 0 Å². The summed E-state index contributed by atoms with van der Waals surface area (Å²) >= 11 is 0. The van der Waals surface area contributed by atoms with E-state index in [4.69, 9.17) is 9.94 Å². The molecular formula is C5H8N2O3. The molecule has 10 heavy (non-hydrogen) atoms. The third-order valence-corrected chi connectivity index (χ3v) is 0.930. The zero-order chi connectivity index (χ0) is 7.40. The Morgan fingerprint density at radius 1 is 1.80 bits per heavy atom. The summed E-state index contributed by atoms with van der Waals surface area (Å²) < 4.78 is 0. The maximum Gasteiger partial charge on any atom is 0.302 e. The van der Waals surface area contributed by atoms with Crippen LogP contribution in [0.15, 0.2) is 17.1 Å². The second-order valence-corrected chi connectivity index (χ2v) is 1.65. The molecule has 0 amide bonds. The van der Waals surface area contributed by atoms with Gasteiger partial charge in [0.25, 0.3) is 0 Å². The molecule has 0 aromatic carbocycles. The Morgan fingerprint density at radius 2 is 2.60 bits per heavy atom. The van der Waals surface area contributed by atoms with E-state index in [2.05, 4.69) is 5.10 Å². The first-order valence-corrected chi connectivity index (χ1v) is 2.85. The molecule has 2 N–H and O–H groups in total. The van der Waals surface area contributed by atoms with E-state index in [9.17, 15) is 4.79 Å². The number of aromatic nitrogens is 2. The van der Waals surface area contributed by atoms with Gasteiger partial charge in [-0.15, -0.1) is 0 Å². The number of nitrogens with zero attached hydrogens (tertiary/aromatic N) is 1. The lowest BCUT2D eigenvalue weighted by atomic mass is 10.7. The van der Waals surface area contributed by atoms with Crippen LogP contribution in [0.5, 0.6) is 0 Å². The number of aliphatic hydroxyl groups excluding tert-OH is 1. The van der Waals surface area contributed by atoms with Gasteiger partial charge in [0.1, 0.15) is 6.61 Å². The maximum absolute atomic E-state index is 10.7. The van der Waals surface area contributed by atoms with Crippen LogP contribution in [0.2, 0.25) is 0 Å². The van der Waals surface area contributed by atoms with Gasteiger partial charge in [0.05, 0.1) is 6.61 Å². The maximum atomic E-state index is 10.7. The van der Waals surface area contributed by atoms with E-state index in [1.165, 1.54) is 12.3 Å². The van der Waals surface area contributed by atoms with Gasteiger partial charge in [0.15, 0.2) is 0 Å². The predicted octanol–water partition coefficient (Wildman–Crippen LogP) is -1.40. The van der Waals surface area contributed by atoms with Crippen LogP contribution in [-0.4, -0.2) is 28.3 Å². The van der Waals surface area contributed by atoms with Crippen LogP contribution in [0.3, 0.4) is 0 Å². The van der Waals surface area contributed by atoms with Gasteiger partial charge in [-0.1, -0.05) is 4.85 Å². The topological polar surface area (TPSA) is 67.2 Å². The third-order valence-electron chi connectivity index (χ3n) is 0.930. The van der Waals surface area contributed by atoms with Crippen LogP contribution in [0.4, 0.5) is 0 Å². The molecule has 0 radical (unpaired) electrons. The lowest BCUT2D eigenvalue weighted by molar-refractivity contribution is 0.0486. The molecule has 0 atom stereocenters. The van der Waals surface area contributed by atoms with Crippen molar-refractivity contribution >= 4 is 0 Å². The highest BCUT2D eigenvalue weighted by Crippen LogP contribution is 1.68. The number of hydrogen-bond acceptors (Lipinski definition) is 3. The van der Waals surface area contributed by atoms with Crippen molar-refractivity contribution in [1.82, 2.24) is 9.94 Å². The quantitative estimate of drug-likeness (QED) is 0.548. The highest BCUT2D eigenvalue weighted by atomic mass is 16.7. The van der Waals surface area contributed by atoms with Gasteiger partial charge >= 0.3 is 5.56 Å². The summed E-state index contributed by atoms with van der Waals surface area (Å²) in [5.41, 5.74) is -0.270. The molecule has 56 valence electrons. The second kappa shape index (κ2) is 3.07. The van der Waals surface area contributed by atoms with E-state index < -0.39 is 0 Å². The number of H-pyrrole nitrogens is 1.